The molecule has 0 saturated heterocycles. The number of ether oxygens (including phenoxy) is 3. The first kappa shape index (κ1) is 23.7. The fourth-order valence-electron chi connectivity index (χ4n) is 2.82. The zero-order valence-corrected chi connectivity index (χ0v) is 19.2. The normalized spacial score (nSPS) is 10.5. The Kier molecular flexibility index (Phi) is 8.79. The molecular weight excluding hydrogens is 438 g/mol. The molecule has 7 nitrogen and oxygen atoms in total. The molecule has 0 amide bonds. The number of hydrogen-bond acceptors (Lipinski definition) is 6. The molecule has 0 spiro atoms. The molecule has 0 saturated carbocycles. The van der Waals surface area contributed by atoms with Gasteiger partial charge in [-0.3, -0.25) is 5.43 Å². The second-order valence-electron chi connectivity index (χ2n) is 6.68. The van der Waals surface area contributed by atoms with Crippen molar-refractivity contribution in [2.24, 2.45) is 5.10 Å². The van der Waals surface area contributed by atoms with Gasteiger partial charge in [0.25, 0.3) is 0 Å². The maximum atomic E-state index is 12.5. The van der Waals surface area contributed by atoms with Gasteiger partial charge in [0, 0.05) is 5.69 Å². The fourth-order valence-corrected chi connectivity index (χ4v) is 2.99. The molecule has 0 heterocycles. The monoisotopic (exact) mass is 463 g/mol. The highest BCUT2D eigenvalue weighted by molar-refractivity contribution is 7.80. The summed E-state index contributed by atoms with van der Waals surface area (Å²) < 4.78 is 16.6. The first-order chi connectivity index (χ1) is 16.1. The van der Waals surface area contributed by atoms with Crippen LogP contribution in [0.15, 0.2) is 77.9 Å². The molecular formula is C25H25N3O4S. The second kappa shape index (κ2) is 12.2. The number of thiocarbonyl (C=S) groups is 1. The van der Waals surface area contributed by atoms with Crippen molar-refractivity contribution in [3.05, 3.63) is 83.9 Å². The zero-order chi connectivity index (χ0) is 23.5. The number of rotatable bonds is 9. The lowest BCUT2D eigenvalue weighted by Gasteiger charge is -2.12. The third-order valence-electron chi connectivity index (χ3n) is 4.28. The van der Waals surface area contributed by atoms with Gasteiger partial charge in [0.1, 0.15) is 5.75 Å². The first-order valence-electron chi connectivity index (χ1n) is 10.5. The topological polar surface area (TPSA) is 81.2 Å². The Balaban J connectivity index is 1.63. The third-order valence-corrected chi connectivity index (χ3v) is 4.48. The fraction of sp³-hybridized carbons (Fsp3) is 0.160. The molecule has 0 radical (unpaired) electrons. The van der Waals surface area contributed by atoms with Gasteiger partial charge < -0.3 is 19.5 Å². The summed E-state index contributed by atoms with van der Waals surface area (Å²) in [7, 11) is 0. The quantitative estimate of drug-likeness (QED) is 0.152. The molecule has 33 heavy (non-hydrogen) atoms. The van der Waals surface area contributed by atoms with Gasteiger partial charge in [-0.25, -0.2) is 4.79 Å². The Morgan fingerprint density at radius 2 is 1.67 bits per heavy atom. The van der Waals surface area contributed by atoms with Gasteiger partial charge in [-0.2, -0.15) is 5.10 Å². The van der Waals surface area contributed by atoms with Crippen molar-refractivity contribution >= 4 is 35.2 Å². The Labute approximate surface area is 198 Å². The molecule has 0 unspecified atom stereocenters. The van der Waals surface area contributed by atoms with Crippen LogP contribution in [0.4, 0.5) is 5.69 Å². The van der Waals surface area contributed by atoms with Crippen LogP contribution in [0.3, 0.4) is 0 Å². The standard InChI is InChI=1S/C25H25N3O4S/c1-3-30-21-13-11-19(12-14-21)24(29)32-22-15-10-18(16-23(22)31-4-2)17-26-28-25(33)27-20-8-6-5-7-9-20/h5-17H,3-4H2,1-2H3,(H2,27,28,33)/b26-17-. The van der Waals surface area contributed by atoms with Crippen molar-refractivity contribution in [3.8, 4) is 17.2 Å². The Morgan fingerprint density at radius 3 is 2.36 bits per heavy atom. The highest BCUT2D eigenvalue weighted by Crippen LogP contribution is 2.29. The number of nitrogens with one attached hydrogen (secondary N) is 2. The van der Waals surface area contributed by atoms with Crippen LogP contribution in [-0.2, 0) is 0 Å². The van der Waals surface area contributed by atoms with Gasteiger partial charge >= 0.3 is 5.97 Å². The van der Waals surface area contributed by atoms with Gasteiger partial charge in [-0.1, -0.05) is 18.2 Å². The lowest BCUT2D eigenvalue weighted by molar-refractivity contribution is 0.0728. The molecule has 3 rings (SSSR count). The largest absolute Gasteiger partial charge is 0.494 e. The maximum Gasteiger partial charge on any atom is 0.343 e. The van der Waals surface area contributed by atoms with Gasteiger partial charge in [0.2, 0.25) is 0 Å². The van der Waals surface area contributed by atoms with Crippen LogP contribution in [0.2, 0.25) is 0 Å². The van der Waals surface area contributed by atoms with E-state index in [0.29, 0.717) is 41.1 Å². The molecule has 170 valence electrons. The average Bonchev–Trinajstić information content (AvgIpc) is 2.82. The maximum absolute atomic E-state index is 12.5. The molecule has 8 heteroatoms. The highest BCUT2D eigenvalue weighted by atomic mass is 32.1. The second-order valence-corrected chi connectivity index (χ2v) is 7.08. The summed E-state index contributed by atoms with van der Waals surface area (Å²) in [5.74, 6) is 0.965. The van der Waals surface area contributed by atoms with Gasteiger partial charge in [0.05, 0.1) is 25.0 Å². The molecule has 0 aliphatic carbocycles. The molecule has 0 fully saturated rings. The molecule has 0 aromatic heterocycles. The van der Waals surface area contributed by atoms with Crippen molar-refractivity contribution in [2.75, 3.05) is 18.5 Å². The number of esters is 1. The van der Waals surface area contributed by atoms with Gasteiger partial charge in [0.15, 0.2) is 16.6 Å². The minimum Gasteiger partial charge on any atom is -0.494 e. The number of hydrogen-bond donors (Lipinski definition) is 2. The molecule has 0 aliphatic rings. The van der Waals surface area contributed by atoms with E-state index < -0.39 is 5.97 Å². The van der Waals surface area contributed by atoms with Crippen LogP contribution in [0.1, 0.15) is 29.8 Å². The first-order valence-corrected chi connectivity index (χ1v) is 10.9. The van der Waals surface area contributed by atoms with E-state index in [4.69, 9.17) is 26.4 Å². The SMILES string of the molecule is CCOc1ccc(C(=O)Oc2ccc(/C=N\NC(=S)Nc3ccccc3)cc2OCC)cc1. The number of hydrazone groups is 1. The zero-order valence-electron chi connectivity index (χ0n) is 18.4. The summed E-state index contributed by atoms with van der Waals surface area (Å²) in [6.07, 6.45) is 1.60. The van der Waals surface area contributed by atoms with Crippen LogP contribution in [0.5, 0.6) is 17.2 Å². The summed E-state index contributed by atoms with van der Waals surface area (Å²) in [5.41, 5.74) is 4.79. The molecule has 3 aromatic carbocycles. The number of para-hydroxylation sites is 1. The van der Waals surface area contributed by atoms with Crippen molar-refractivity contribution in [2.45, 2.75) is 13.8 Å². The number of nitrogens with zero attached hydrogens (tertiary/aromatic N) is 1. The molecule has 0 aliphatic heterocycles. The van der Waals surface area contributed by atoms with E-state index in [0.717, 1.165) is 11.3 Å². The van der Waals surface area contributed by atoms with Crippen molar-refractivity contribution in [1.29, 1.82) is 0 Å². The van der Waals surface area contributed by atoms with E-state index in [1.54, 1.807) is 48.7 Å². The predicted molar refractivity (Wildman–Crippen MR) is 134 cm³/mol. The van der Waals surface area contributed by atoms with E-state index in [9.17, 15) is 4.79 Å². The number of carbonyl (C=O) groups is 1. The van der Waals surface area contributed by atoms with Crippen molar-refractivity contribution in [1.82, 2.24) is 5.43 Å². The smallest absolute Gasteiger partial charge is 0.343 e. The van der Waals surface area contributed by atoms with E-state index in [1.807, 2.05) is 44.2 Å². The van der Waals surface area contributed by atoms with Crippen LogP contribution < -0.4 is 25.0 Å². The summed E-state index contributed by atoms with van der Waals surface area (Å²) in [6, 6.07) is 21.5. The van der Waals surface area contributed by atoms with E-state index in [-0.39, 0.29) is 0 Å². The summed E-state index contributed by atoms with van der Waals surface area (Å²) >= 11 is 5.23. The number of benzene rings is 3. The minimum atomic E-state index is -0.487. The molecule has 3 aromatic rings. The summed E-state index contributed by atoms with van der Waals surface area (Å²) in [5, 5.41) is 7.54. The molecule has 0 atom stereocenters. The lowest BCUT2D eigenvalue weighted by Crippen LogP contribution is -2.23. The molecule has 0 bridgehead atoms. The lowest BCUT2D eigenvalue weighted by atomic mass is 10.2. The van der Waals surface area contributed by atoms with Crippen LogP contribution in [0, 0.1) is 0 Å². The van der Waals surface area contributed by atoms with Gasteiger partial charge in [-0.15, -0.1) is 0 Å². The van der Waals surface area contributed by atoms with Crippen molar-refractivity contribution in [3.63, 3.8) is 0 Å². The number of anilines is 1. The summed E-state index contributed by atoms with van der Waals surface area (Å²) in [4.78, 5) is 12.5. The van der Waals surface area contributed by atoms with E-state index in [1.165, 1.54) is 0 Å². The average molecular weight is 464 g/mol. The van der Waals surface area contributed by atoms with E-state index in [2.05, 4.69) is 15.8 Å². The Hall–Kier alpha value is -3.91. The Bertz CT molecular complexity index is 1100. The van der Waals surface area contributed by atoms with Gasteiger partial charge in [-0.05, 0) is 86.2 Å². The number of carbonyl (C=O) groups excluding carboxylic acids is 1. The predicted octanol–water partition coefficient (Wildman–Crippen LogP) is 5.02. The molecule has 2 N–H and O–H groups in total. The summed E-state index contributed by atoms with van der Waals surface area (Å²) in [6.45, 7) is 4.73. The van der Waals surface area contributed by atoms with Crippen LogP contribution in [-0.4, -0.2) is 30.5 Å². The van der Waals surface area contributed by atoms with Crippen molar-refractivity contribution < 1.29 is 19.0 Å². The van der Waals surface area contributed by atoms with Crippen LogP contribution in [0.25, 0.3) is 0 Å². The van der Waals surface area contributed by atoms with Crippen LogP contribution >= 0.6 is 12.2 Å². The van der Waals surface area contributed by atoms with E-state index >= 15 is 0 Å². The Morgan fingerprint density at radius 1 is 0.939 bits per heavy atom. The third kappa shape index (κ3) is 7.33. The minimum absolute atomic E-state index is 0.321. The highest BCUT2D eigenvalue weighted by Gasteiger charge is 2.13.